The Morgan fingerprint density at radius 3 is 2.74 bits per heavy atom. The van der Waals surface area contributed by atoms with Crippen molar-refractivity contribution in [1.29, 1.82) is 0 Å². The van der Waals surface area contributed by atoms with Crippen LogP contribution >= 0.6 is 0 Å². The normalized spacial score (nSPS) is 16.3. The number of carbonyl (C=O) groups is 1. The Balaban J connectivity index is 1.47. The second-order valence-corrected chi connectivity index (χ2v) is 5.90. The van der Waals surface area contributed by atoms with Crippen LogP contribution in [0.3, 0.4) is 0 Å². The summed E-state index contributed by atoms with van der Waals surface area (Å²) in [4.78, 5) is 20.7. The van der Waals surface area contributed by atoms with Crippen LogP contribution < -0.4 is 0 Å². The van der Waals surface area contributed by atoms with Gasteiger partial charge in [-0.25, -0.2) is 4.98 Å². The Kier molecular flexibility index (Phi) is 5.37. The summed E-state index contributed by atoms with van der Waals surface area (Å²) >= 11 is 0. The molecule has 0 saturated carbocycles. The van der Waals surface area contributed by atoms with Crippen molar-refractivity contribution < 1.29 is 4.79 Å². The summed E-state index contributed by atoms with van der Waals surface area (Å²) < 4.78 is 1.71. The molecule has 0 N–H and O–H groups in total. The quantitative estimate of drug-likeness (QED) is 0.837. The maximum Gasteiger partial charge on any atom is 0.224 e. The average Bonchev–Trinajstić information content (AvgIpc) is 2.99. The van der Waals surface area contributed by atoms with E-state index in [1.807, 2.05) is 11.0 Å². The molecule has 6 nitrogen and oxygen atoms in total. The van der Waals surface area contributed by atoms with Gasteiger partial charge in [-0.15, -0.1) is 0 Å². The van der Waals surface area contributed by atoms with Crippen molar-refractivity contribution in [3.05, 3.63) is 48.5 Å². The molecule has 1 fully saturated rings. The van der Waals surface area contributed by atoms with Crippen molar-refractivity contribution in [2.45, 2.75) is 25.9 Å². The van der Waals surface area contributed by atoms with Crippen LogP contribution in [0.2, 0.25) is 0 Å². The molecule has 1 aromatic carbocycles. The first-order valence-electron chi connectivity index (χ1n) is 8.18. The minimum atomic E-state index is 0.210. The second-order valence-electron chi connectivity index (χ2n) is 5.90. The lowest BCUT2D eigenvalue weighted by molar-refractivity contribution is -0.131. The van der Waals surface area contributed by atoms with E-state index in [-0.39, 0.29) is 5.91 Å². The summed E-state index contributed by atoms with van der Waals surface area (Å²) in [5.41, 5.74) is 1.33. The van der Waals surface area contributed by atoms with Gasteiger partial charge in [0.15, 0.2) is 0 Å². The molecule has 0 atom stereocenters. The average molecular weight is 313 g/mol. The van der Waals surface area contributed by atoms with Crippen molar-refractivity contribution in [1.82, 2.24) is 24.6 Å². The van der Waals surface area contributed by atoms with Crippen LogP contribution in [0.5, 0.6) is 0 Å². The highest BCUT2D eigenvalue weighted by atomic mass is 16.2. The second kappa shape index (κ2) is 7.87. The highest BCUT2D eigenvalue weighted by Gasteiger charge is 2.19. The Labute approximate surface area is 136 Å². The fourth-order valence-corrected chi connectivity index (χ4v) is 2.94. The molecule has 0 radical (unpaired) electrons. The van der Waals surface area contributed by atoms with Crippen LogP contribution in [0.4, 0.5) is 0 Å². The topological polar surface area (TPSA) is 54.3 Å². The third-order valence-corrected chi connectivity index (χ3v) is 4.21. The van der Waals surface area contributed by atoms with Crippen molar-refractivity contribution in [3.8, 4) is 0 Å². The number of aromatic nitrogens is 3. The molecule has 2 heterocycles. The van der Waals surface area contributed by atoms with Gasteiger partial charge in [0.25, 0.3) is 0 Å². The maximum atomic E-state index is 12.4. The van der Waals surface area contributed by atoms with Crippen molar-refractivity contribution in [2.24, 2.45) is 0 Å². The third kappa shape index (κ3) is 4.63. The first-order chi connectivity index (χ1) is 11.3. The van der Waals surface area contributed by atoms with E-state index < -0.39 is 0 Å². The molecule has 1 amide bonds. The number of carbonyl (C=O) groups excluding carboxylic acids is 1. The van der Waals surface area contributed by atoms with E-state index >= 15 is 0 Å². The zero-order valence-corrected chi connectivity index (χ0v) is 13.3. The van der Waals surface area contributed by atoms with E-state index in [4.69, 9.17) is 0 Å². The first-order valence-corrected chi connectivity index (χ1v) is 8.18. The van der Waals surface area contributed by atoms with Crippen molar-refractivity contribution in [2.75, 3.05) is 26.2 Å². The lowest BCUT2D eigenvalue weighted by Gasteiger charge is -2.22. The predicted molar refractivity (Wildman–Crippen MR) is 87.6 cm³/mol. The Morgan fingerprint density at radius 1 is 1.09 bits per heavy atom. The van der Waals surface area contributed by atoms with Crippen LogP contribution in [0.15, 0.2) is 43.0 Å². The number of hydrogen-bond donors (Lipinski definition) is 0. The molecule has 3 rings (SSSR count). The smallest absolute Gasteiger partial charge is 0.224 e. The summed E-state index contributed by atoms with van der Waals surface area (Å²) in [5.74, 6) is 0.210. The van der Waals surface area contributed by atoms with E-state index in [9.17, 15) is 4.79 Å². The summed E-state index contributed by atoms with van der Waals surface area (Å²) in [6.07, 6.45) is 4.67. The van der Waals surface area contributed by atoms with Crippen LogP contribution in [0.25, 0.3) is 0 Å². The summed E-state index contributed by atoms with van der Waals surface area (Å²) in [6.45, 7) is 5.20. The molecule has 1 aliphatic heterocycles. The van der Waals surface area contributed by atoms with Gasteiger partial charge < -0.3 is 4.90 Å². The molecule has 122 valence electrons. The molecular formula is C17H23N5O. The molecule has 1 aliphatic rings. The monoisotopic (exact) mass is 313 g/mol. The highest BCUT2D eigenvalue weighted by Crippen LogP contribution is 2.10. The lowest BCUT2D eigenvalue weighted by Crippen LogP contribution is -2.35. The Bertz CT molecular complexity index is 599. The molecule has 1 saturated heterocycles. The van der Waals surface area contributed by atoms with Gasteiger partial charge in [-0.05, 0) is 12.0 Å². The highest BCUT2D eigenvalue weighted by molar-refractivity contribution is 5.76. The standard InChI is InChI=1S/C17H23N5O/c23-17(7-10-22-15-18-14-19-22)21-9-4-8-20(11-12-21)13-16-5-2-1-3-6-16/h1-3,5-6,14-15H,4,7-13H2. The number of hydrogen-bond acceptors (Lipinski definition) is 4. The predicted octanol–water partition coefficient (Wildman–Crippen LogP) is 1.40. The Hall–Kier alpha value is -2.21. The molecule has 0 bridgehead atoms. The summed E-state index contributed by atoms with van der Waals surface area (Å²) in [7, 11) is 0. The fraction of sp³-hybridized carbons (Fsp3) is 0.471. The van der Waals surface area contributed by atoms with Gasteiger partial charge >= 0.3 is 0 Å². The molecular weight excluding hydrogens is 290 g/mol. The molecule has 6 heteroatoms. The number of aryl methyl sites for hydroxylation is 1. The maximum absolute atomic E-state index is 12.4. The Morgan fingerprint density at radius 2 is 1.96 bits per heavy atom. The van der Waals surface area contributed by atoms with E-state index in [1.165, 1.54) is 11.9 Å². The summed E-state index contributed by atoms with van der Waals surface area (Å²) in [5, 5.41) is 4.04. The van der Waals surface area contributed by atoms with Gasteiger partial charge in [0.2, 0.25) is 5.91 Å². The number of amides is 1. The number of rotatable bonds is 5. The zero-order valence-electron chi connectivity index (χ0n) is 13.3. The van der Waals surface area contributed by atoms with Gasteiger partial charge in [-0.2, -0.15) is 5.10 Å². The van der Waals surface area contributed by atoms with Crippen molar-refractivity contribution in [3.63, 3.8) is 0 Å². The molecule has 0 spiro atoms. The van der Waals surface area contributed by atoms with Crippen molar-refractivity contribution >= 4 is 5.91 Å². The van der Waals surface area contributed by atoms with Gasteiger partial charge in [0.05, 0.1) is 6.54 Å². The van der Waals surface area contributed by atoms with E-state index in [1.54, 1.807) is 11.0 Å². The van der Waals surface area contributed by atoms with E-state index in [0.717, 1.165) is 39.1 Å². The molecule has 1 aromatic heterocycles. The fourth-order valence-electron chi connectivity index (χ4n) is 2.94. The van der Waals surface area contributed by atoms with E-state index in [0.29, 0.717) is 13.0 Å². The van der Waals surface area contributed by atoms with Gasteiger partial charge in [-0.1, -0.05) is 30.3 Å². The van der Waals surface area contributed by atoms with Crippen LogP contribution in [0, 0.1) is 0 Å². The van der Waals surface area contributed by atoms with Crippen LogP contribution in [-0.2, 0) is 17.9 Å². The minimum absolute atomic E-state index is 0.210. The largest absolute Gasteiger partial charge is 0.341 e. The SMILES string of the molecule is O=C(CCn1cncn1)N1CCCN(Cc2ccccc2)CC1. The first kappa shape index (κ1) is 15.7. The van der Waals surface area contributed by atoms with Gasteiger partial charge in [-0.3, -0.25) is 14.4 Å². The summed E-state index contributed by atoms with van der Waals surface area (Å²) in [6, 6.07) is 10.5. The molecule has 0 aliphatic carbocycles. The zero-order chi connectivity index (χ0) is 15.9. The van der Waals surface area contributed by atoms with Gasteiger partial charge in [0, 0.05) is 39.1 Å². The molecule has 2 aromatic rings. The molecule has 23 heavy (non-hydrogen) atoms. The van der Waals surface area contributed by atoms with Crippen LogP contribution in [0.1, 0.15) is 18.4 Å². The van der Waals surface area contributed by atoms with E-state index in [2.05, 4.69) is 39.2 Å². The van der Waals surface area contributed by atoms with Crippen LogP contribution in [-0.4, -0.2) is 56.7 Å². The molecule has 0 unspecified atom stereocenters. The minimum Gasteiger partial charge on any atom is -0.341 e. The number of nitrogens with zero attached hydrogens (tertiary/aromatic N) is 5. The third-order valence-electron chi connectivity index (χ3n) is 4.21. The lowest BCUT2D eigenvalue weighted by atomic mass is 10.2. The number of benzene rings is 1. The van der Waals surface area contributed by atoms with Gasteiger partial charge in [0.1, 0.15) is 12.7 Å².